The van der Waals surface area contributed by atoms with E-state index in [4.69, 9.17) is 14.2 Å². The molecule has 3 atom stereocenters. The fourth-order valence-electron chi connectivity index (χ4n) is 3.11. The van der Waals surface area contributed by atoms with Crippen molar-refractivity contribution >= 4 is 17.7 Å². The highest BCUT2D eigenvalue weighted by Gasteiger charge is 2.67. The van der Waals surface area contributed by atoms with E-state index in [-0.39, 0.29) is 19.6 Å². The quantitative estimate of drug-likeness (QED) is 0.440. The molecule has 0 amide bonds. The molecule has 21 heavy (non-hydrogen) atoms. The highest BCUT2D eigenvalue weighted by molar-refractivity contribution is 6.18. The minimum atomic E-state index is -1.86. The second-order valence-corrected chi connectivity index (χ2v) is 5.61. The molecular formula is C15H20O6. The zero-order chi connectivity index (χ0) is 15.8. The van der Waals surface area contributed by atoms with Crippen LogP contribution in [0.2, 0.25) is 0 Å². The van der Waals surface area contributed by atoms with Gasteiger partial charge >= 0.3 is 11.9 Å². The van der Waals surface area contributed by atoms with E-state index >= 15 is 0 Å². The molecule has 0 radical (unpaired) electrons. The third-order valence-electron chi connectivity index (χ3n) is 3.92. The summed E-state index contributed by atoms with van der Waals surface area (Å²) in [5.41, 5.74) is -2.30. The van der Waals surface area contributed by atoms with E-state index in [0.29, 0.717) is 12.0 Å². The molecule has 0 aromatic rings. The smallest absolute Gasteiger partial charge is 0.350 e. The number of hydrogen-bond donors (Lipinski definition) is 0. The van der Waals surface area contributed by atoms with Crippen LogP contribution in [0.1, 0.15) is 33.6 Å². The summed E-state index contributed by atoms with van der Waals surface area (Å²) in [6.07, 6.45) is 0.526. The number of fused-ring (bicyclic) bond motifs is 2. The number of ketones is 1. The first-order valence-corrected chi connectivity index (χ1v) is 7.07. The van der Waals surface area contributed by atoms with Crippen LogP contribution in [0.25, 0.3) is 0 Å². The third-order valence-corrected chi connectivity index (χ3v) is 3.92. The molecule has 6 nitrogen and oxygen atoms in total. The van der Waals surface area contributed by atoms with Crippen molar-refractivity contribution in [1.82, 2.24) is 0 Å². The maximum absolute atomic E-state index is 12.7. The lowest BCUT2D eigenvalue weighted by atomic mass is 9.82. The van der Waals surface area contributed by atoms with Crippen LogP contribution in [0, 0.1) is 5.92 Å². The first-order chi connectivity index (χ1) is 9.80. The lowest BCUT2D eigenvalue weighted by Crippen LogP contribution is -2.58. The Labute approximate surface area is 123 Å². The second-order valence-electron chi connectivity index (χ2n) is 5.61. The van der Waals surface area contributed by atoms with Gasteiger partial charge in [-0.2, -0.15) is 0 Å². The molecule has 2 saturated heterocycles. The fraction of sp³-hybridized carbons (Fsp3) is 0.667. The summed E-state index contributed by atoms with van der Waals surface area (Å²) in [5.74, 6) is -3.06. The molecule has 0 spiro atoms. The van der Waals surface area contributed by atoms with Gasteiger partial charge in [-0.15, -0.1) is 0 Å². The summed E-state index contributed by atoms with van der Waals surface area (Å²) < 4.78 is 15.7. The van der Waals surface area contributed by atoms with Crippen molar-refractivity contribution < 1.29 is 28.6 Å². The predicted octanol–water partition coefficient (Wildman–Crippen LogP) is 1.18. The second kappa shape index (κ2) is 5.26. The first kappa shape index (κ1) is 15.7. The Morgan fingerprint density at radius 1 is 1.33 bits per heavy atom. The van der Waals surface area contributed by atoms with Crippen LogP contribution in [0.4, 0.5) is 0 Å². The Kier molecular flexibility index (Phi) is 3.93. The minimum Gasteiger partial charge on any atom is -0.465 e. The number of carbonyl (C=O) groups is 3. The molecule has 2 aliphatic rings. The van der Waals surface area contributed by atoms with E-state index in [1.54, 1.807) is 20.8 Å². The Hall–Kier alpha value is -1.69. The lowest BCUT2D eigenvalue weighted by Gasteiger charge is -2.38. The van der Waals surface area contributed by atoms with Crippen LogP contribution in [0.5, 0.6) is 0 Å². The number of Topliss-reactive ketones (excluding diaryl/α,β-unsaturated/α-hetero) is 1. The molecule has 0 saturated carbocycles. The Bertz CT molecular complexity index is 510. The summed E-state index contributed by atoms with van der Waals surface area (Å²) in [6.45, 7) is 9.17. The van der Waals surface area contributed by atoms with Gasteiger partial charge in [-0.25, -0.2) is 4.79 Å². The van der Waals surface area contributed by atoms with Crippen molar-refractivity contribution in [2.45, 2.75) is 44.8 Å². The van der Waals surface area contributed by atoms with Crippen LogP contribution in [-0.4, -0.2) is 42.1 Å². The van der Waals surface area contributed by atoms with E-state index in [9.17, 15) is 14.4 Å². The van der Waals surface area contributed by atoms with Crippen molar-refractivity contribution in [2.75, 3.05) is 13.2 Å². The van der Waals surface area contributed by atoms with Gasteiger partial charge in [0.1, 0.15) is 5.92 Å². The van der Waals surface area contributed by atoms with Gasteiger partial charge in [0.25, 0.3) is 0 Å². The molecule has 2 heterocycles. The van der Waals surface area contributed by atoms with Gasteiger partial charge < -0.3 is 14.2 Å². The first-order valence-electron chi connectivity index (χ1n) is 7.07. The summed E-state index contributed by atoms with van der Waals surface area (Å²) in [7, 11) is 0. The van der Waals surface area contributed by atoms with Gasteiger partial charge in [-0.3, -0.25) is 9.59 Å². The van der Waals surface area contributed by atoms with Gasteiger partial charge in [0.15, 0.2) is 5.78 Å². The van der Waals surface area contributed by atoms with Gasteiger partial charge in [0, 0.05) is 6.42 Å². The number of hydrogen-bond acceptors (Lipinski definition) is 6. The van der Waals surface area contributed by atoms with E-state index in [1.165, 1.54) is 0 Å². The molecule has 116 valence electrons. The van der Waals surface area contributed by atoms with Gasteiger partial charge in [0.05, 0.1) is 18.8 Å². The average molecular weight is 296 g/mol. The van der Waals surface area contributed by atoms with Gasteiger partial charge in [-0.05, 0) is 32.8 Å². The summed E-state index contributed by atoms with van der Waals surface area (Å²) in [5, 5.41) is 0. The summed E-state index contributed by atoms with van der Waals surface area (Å²) in [4.78, 5) is 37.0. The van der Waals surface area contributed by atoms with Crippen molar-refractivity contribution in [3.8, 4) is 0 Å². The Balaban J connectivity index is 2.42. The number of carbonyl (C=O) groups excluding carboxylic acids is 3. The highest BCUT2D eigenvalue weighted by atomic mass is 16.6. The third kappa shape index (κ3) is 2.27. The molecule has 2 bridgehead atoms. The zero-order valence-corrected chi connectivity index (χ0v) is 12.6. The molecule has 0 aromatic heterocycles. The van der Waals surface area contributed by atoms with E-state index in [2.05, 4.69) is 6.58 Å². The molecule has 2 fully saturated rings. The SMILES string of the molecule is C=C1C[C@@]2(C)C[C@@H](C(=O)OCC)C(=O)[C@]1(C(=O)OCC)O2. The monoisotopic (exact) mass is 296 g/mol. The summed E-state index contributed by atoms with van der Waals surface area (Å²) in [6, 6.07) is 0. The van der Waals surface area contributed by atoms with Crippen LogP contribution in [0.15, 0.2) is 12.2 Å². The predicted molar refractivity (Wildman–Crippen MR) is 72.4 cm³/mol. The summed E-state index contributed by atoms with van der Waals surface area (Å²) >= 11 is 0. The standard InChI is InChI=1S/C15H20O6/c1-5-19-12(17)10-8-14(4)7-9(3)15(21-14,11(10)16)13(18)20-6-2/h10H,3,5-8H2,1-2,4H3/t10-,14+,15-/m1/s1. The van der Waals surface area contributed by atoms with Crippen LogP contribution in [-0.2, 0) is 28.6 Å². The van der Waals surface area contributed by atoms with E-state index in [0.717, 1.165) is 0 Å². The molecular weight excluding hydrogens is 276 g/mol. The van der Waals surface area contributed by atoms with E-state index in [1.807, 2.05) is 0 Å². The lowest BCUT2D eigenvalue weighted by molar-refractivity contribution is -0.195. The molecule has 0 unspecified atom stereocenters. The van der Waals surface area contributed by atoms with Crippen LogP contribution < -0.4 is 0 Å². The maximum Gasteiger partial charge on any atom is 0.350 e. The van der Waals surface area contributed by atoms with Crippen molar-refractivity contribution in [3.05, 3.63) is 12.2 Å². The van der Waals surface area contributed by atoms with Crippen molar-refractivity contribution in [1.29, 1.82) is 0 Å². The van der Waals surface area contributed by atoms with Crippen molar-refractivity contribution in [3.63, 3.8) is 0 Å². The molecule has 0 aliphatic carbocycles. The number of esters is 2. The molecule has 2 rings (SSSR count). The Morgan fingerprint density at radius 2 is 1.95 bits per heavy atom. The largest absolute Gasteiger partial charge is 0.465 e. The highest BCUT2D eigenvalue weighted by Crippen LogP contribution is 2.51. The van der Waals surface area contributed by atoms with Gasteiger partial charge in [0.2, 0.25) is 5.60 Å². The Morgan fingerprint density at radius 3 is 2.52 bits per heavy atom. The zero-order valence-electron chi connectivity index (χ0n) is 12.6. The normalized spacial score (nSPS) is 34.7. The van der Waals surface area contributed by atoms with Crippen LogP contribution in [0.3, 0.4) is 0 Å². The van der Waals surface area contributed by atoms with E-state index < -0.39 is 34.8 Å². The van der Waals surface area contributed by atoms with Gasteiger partial charge in [-0.1, -0.05) is 6.58 Å². The number of rotatable bonds is 4. The molecule has 2 aliphatic heterocycles. The molecule has 6 heteroatoms. The van der Waals surface area contributed by atoms with Crippen LogP contribution >= 0.6 is 0 Å². The maximum atomic E-state index is 12.7. The topological polar surface area (TPSA) is 78.9 Å². The molecule has 0 aromatic carbocycles. The average Bonchev–Trinajstić information content (AvgIpc) is 2.64. The minimum absolute atomic E-state index is 0.116. The van der Waals surface area contributed by atoms with Crippen molar-refractivity contribution in [2.24, 2.45) is 5.92 Å². The fourth-order valence-corrected chi connectivity index (χ4v) is 3.11. The number of ether oxygens (including phenoxy) is 3. The molecule has 0 N–H and O–H groups in total.